The Kier molecular flexibility index (Phi) is 7.96. The topological polar surface area (TPSA) is 162 Å². The van der Waals surface area contributed by atoms with E-state index in [1.807, 2.05) is 39.0 Å². The molecule has 4 N–H and O–H groups in total. The summed E-state index contributed by atoms with van der Waals surface area (Å²) in [5, 5.41) is 11.8. The third kappa shape index (κ3) is 5.91. The Morgan fingerprint density at radius 2 is 1.87 bits per heavy atom. The molecule has 2 saturated heterocycles. The first-order chi connectivity index (χ1) is 17.8. The van der Waals surface area contributed by atoms with E-state index in [1.54, 1.807) is 0 Å². The van der Waals surface area contributed by atoms with Crippen LogP contribution in [0.5, 0.6) is 0 Å². The van der Waals surface area contributed by atoms with Gasteiger partial charge in [0.05, 0.1) is 10.9 Å². The highest BCUT2D eigenvalue weighted by Crippen LogP contribution is 2.36. The van der Waals surface area contributed by atoms with Crippen molar-refractivity contribution < 1.29 is 27.5 Å². The van der Waals surface area contributed by atoms with Crippen LogP contribution < -0.4 is 16.0 Å². The molecule has 208 valence electrons. The lowest BCUT2D eigenvalue weighted by molar-refractivity contribution is 0.0598. The molecule has 3 heterocycles. The Balaban J connectivity index is 1.42. The average Bonchev–Trinajstić information content (AvgIpc) is 3.31. The summed E-state index contributed by atoms with van der Waals surface area (Å²) in [7, 11) is -3.60. The van der Waals surface area contributed by atoms with E-state index in [2.05, 4.69) is 31.1 Å². The first kappa shape index (κ1) is 28.2. The summed E-state index contributed by atoms with van der Waals surface area (Å²) >= 11 is 3.44. The maximum atomic E-state index is 13.6. The zero-order valence-corrected chi connectivity index (χ0v) is 24.0. The number of halogens is 1. The van der Waals surface area contributed by atoms with Gasteiger partial charge in [0, 0.05) is 48.9 Å². The Bertz CT molecular complexity index is 1300. The molecular weight excluding hydrogens is 580 g/mol. The number of oxazole rings is 1. The monoisotopic (exact) mass is 612 g/mol. The van der Waals surface area contributed by atoms with E-state index in [0.717, 1.165) is 5.69 Å². The van der Waals surface area contributed by atoms with Crippen molar-refractivity contribution in [3.63, 3.8) is 0 Å². The molecule has 2 unspecified atom stereocenters. The number of nitrogen functional groups attached to an aromatic ring is 1. The van der Waals surface area contributed by atoms with Crippen molar-refractivity contribution in [1.29, 1.82) is 0 Å². The predicted molar refractivity (Wildman–Crippen MR) is 147 cm³/mol. The molecular formula is C24H33BrN6O6S. The van der Waals surface area contributed by atoms with Crippen LogP contribution in [0.3, 0.4) is 0 Å². The van der Waals surface area contributed by atoms with Gasteiger partial charge in [-0.2, -0.15) is 9.29 Å². The molecule has 0 aliphatic carbocycles. The highest BCUT2D eigenvalue weighted by Gasteiger charge is 2.44. The fourth-order valence-corrected chi connectivity index (χ4v) is 7.32. The van der Waals surface area contributed by atoms with Crippen molar-refractivity contribution in [3.8, 4) is 0 Å². The summed E-state index contributed by atoms with van der Waals surface area (Å²) < 4.78 is 34.2. The van der Waals surface area contributed by atoms with Gasteiger partial charge < -0.3 is 30.4 Å². The van der Waals surface area contributed by atoms with E-state index in [-0.39, 0.29) is 42.6 Å². The molecule has 2 aliphatic heterocycles. The van der Waals surface area contributed by atoms with Gasteiger partial charge in [0.25, 0.3) is 11.9 Å². The number of benzene rings is 1. The average molecular weight is 614 g/mol. The van der Waals surface area contributed by atoms with Gasteiger partial charge in [0.1, 0.15) is 6.26 Å². The molecule has 1 aromatic carbocycles. The summed E-state index contributed by atoms with van der Waals surface area (Å²) in [5.41, 5.74) is 6.50. The Labute approximate surface area is 230 Å². The van der Waals surface area contributed by atoms with Gasteiger partial charge in [0.15, 0.2) is 5.69 Å². The molecule has 2 amide bonds. The lowest BCUT2D eigenvalue weighted by Gasteiger charge is -2.45. The van der Waals surface area contributed by atoms with Gasteiger partial charge in [-0.15, -0.1) is 0 Å². The highest BCUT2D eigenvalue weighted by atomic mass is 79.9. The molecule has 2 aliphatic rings. The molecule has 0 spiro atoms. The molecule has 38 heavy (non-hydrogen) atoms. The van der Waals surface area contributed by atoms with Crippen LogP contribution in [0, 0.1) is 5.41 Å². The number of carbonyl (C=O) groups is 2. The molecule has 2 atom stereocenters. The number of piperidine rings is 1. The van der Waals surface area contributed by atoms with Gasteiger partial charge >= 0.3 is 6.09 Å². The minimum Gasteiger partial charge on any atom is -0.465 e. The summed E-state index contributed by atoms with van der Waals surface area (Å²) in [5.74, 6) is -0.471. The third-order valence-electron chi connectivity index (χ3n) is 7.14. The molecule has 0 radical (unpaired) electrons. The summed E-state index contributed by atoms with van der Waals surface area (Å²) in [6, 6.07) is 5.05. The smallest absolute Gasteiger partial charge is 0.407 e. The van der Waals surface area contributed by atoms with E-state index in [0.29, 0.717) is 36.3 Å². The predicted octanol–water partition coefficient (Wildman–Crippen LogP) is 3.28. The van der Waals surface area contributed by atoms with Crippen LogP contribution in [-0.2, 0) is 10.0 Å². The fraction of sp³-hybridized carbons (Fsp3) is 0.542. The Morgan fingerprint density at radius 1 is 1.18 bits per heavy atom. The second-order valence-electron chi connectivity index (χ2n) is 10.6. The summed E-state index contributed by atoms with van der Waals surface area (Å²) in [6.45, 7) is 7.62. The Morgan fingerprint density at radius 3 is 2.45 bits per heavy atom. The second-order valence-corrected chi connectivity index (χ2v) is 13.7. The maximum Gasteiger partial charge on any atom is 0.407 e. The number of carboxylic acid groups (broad SMARTS) is 1. The van der Waals surface area contributed by atoms with Crippen LogP contribution in [0.15, 0.2) is 33.4 Å². The number of nitrogens with zero attached hydrogens (tertiary/aromatic N) is 4. The molecule has 12 nitrogen and oxygen atoms in total. The van der Waals surface area contributed by atoms with Gasteiger partial charge in [0.2, 0.25) is 10.0 Å². The minimum atomic E-state index is -3.60. The van der Waals surface area contributed by atoms with Crippen LogP contribution in [0.25, 0.3) is 0 Å². The van der Waals surface area contributed by atoms with Crippen molar-refractivity contribution in [1.82, 2.24) is 14.2 Å². The summed E-state index contributed by atoms with van der Waals surface area (Å²) in [6.07, 6.45) is 0.737. The minimum absolute atomic E-state index is 0.0570. The lowest BCUT2D eigenvalue weighted by Crippen LogP contribution is -2.57. The molecule has 0 bridgehead atoms. The van der Waals surface area contributed by atoms with Gasteiger partial charge in [-0.05, 0) is 52.4 Å². The molecule has 0 saturated carbocycles. The van der Waals surface area contributed by atoms with Crippen LogP contribution in [0.1, 0.15) is 44.1 Å². The van der Waals surface area contributed by atoms with Crippen molar-refractivity contribution >= 4 is 55.3 Å². The van der Waals surface area contributed by atoms with E-state index in [1.165, 1.54) is 15.5 Å². The van der Waals surface area contributed by atoms with E-state index in [9.17, 15) is 23.1 Å². The van der Waals surface area contributed by atoms with Gasteiger partial charge in [-0.3, -0.25) is 4.79 Å². The molecule has 4 rings (SSSR count). The number of nitrogens with one attached hydrogen (secondary N) is 1. The van der Waals surface area contributed by atoms with Gasteiger partial charge in [-0.1, -0.05) is 20.8 Å². The second kappa shape index (κ2) is 10.7. The maximum absolute atomic E-state index is 13.6. The molecule has 2 aromatic rings. The lowest BCUT2D eigenvalue weighted by atomic mass is 9.80. The number of sulfonamides is 1. The first-order valence-electron chi connectivity index (χ1n) is 12.3. The quantitative estimate of drug-likeness (QED) is 0.460. The van der Waals surface area contributed by atoms with Gasteiger partial charge in [-0.25, -0.2) is 13.2 Å². The van der Waals surface area contributed by atoms with E-state index < -0.39 is 27.3 Å². The number of rotatable bonds is 5. The van der Waals surface area contributed by atoms with Crippen molar-refractivity contribution in [2.24, 2.45) is 5.41 Å². The van der Waals surface area contributed by atoms with Crippen molar-refractivity contribution in [2.75, 3.05) is 48.7 Å². The molecule has 1 aromatic heterocycles. The number of amides is 2. The number of likely N-dealkylation sites (tertiary alicyclic amines) is 1. The molecule has 14 heteroatoms. The van der Waals surface area contributed by atoms with Crippen LogP contribution >= 0.6 is 15.9 Å². The number of hydrogen-bond acceptors (Lipinski definition) is 8. The number of aromatic nitrogens is 1. The van der Waals surface area contributed by atoms with Crippen LogP contribution in [0.2, 0.25) is 0 Å². The number of carbonyl (C=O) groups excluding carboxylic acids is 1. The van der Waals surface area contributed by atoms with Crippen molar-refractivity contribution in [2.45, 2.75) is 44.9 Å². The third-order valence-corrected chi connectivity index (χ3v) is 10.2. The zero-order chi connectivity index (χ0) is 27.8. The number of nitrogens with two attached hydrogens (primary N) is 1. The molecule has 2 fully saturated rings. The number of hydrogen-bond donors (Lipinski definition) is 3. The number of piperazine rings is 1. The van der Waals surface area contributed by atoms with Crippen molar-refractivity contribution in [3.05, 3.63) is 34.6 Å². The van der Waals surface area contributed by atoms with E-state index >= 15 is 0 Å². The first-order valence-corrected chi connectivity index (χ1v) is 14.6. The van der Waals surface area contributed by atoms with Crippen LogP contribution in [-0.4, -0.2) is 83.7 Å². The Hall–Kier alpha value is -2.84. The van der Waals surface area contributed by atoms with Crippen LogP contribution in [0.4, 0.5) is 22.2 Å². The number of anilines is 3. The summed E-state index contributed by atoms with van der Waals surface area (Å²) in [4.78, 5) is 31.5. The largest absolute Gasteiger partial charge is 0.465 e. The normalized spacial score (nSPS) is 21.4. The SMILES string of the molecule is CC(C)(C)C1CC(S(=O)(=O)N2CCN(c3ccc(Br)c(NC(=O)c4coc(N)n4)c3)CC2)CCN1C(=O)O. The highest BCUT2D eigenvalue weighted by molar-refractivity contribution is 9.10. The fourth-order valence-electron chi connectivity index (χ4n) is 5.05. The standard InChI is InChI=1S/C24H33BrN6O6S/c1-24(2,3)20-13-16(6-7-31(20)23(33)34)38(35,36)30-10-8-29(9-11-30)15-4-5-17(25)18(12-15)27-21(32)19-14-37-22(26)28-19/h4-5,12,14,16,20H,6-11,13H2,1-3H3,(H2,26,28)(H,27,32)(H,33,34). The zero-order valence-electron chi connectivity index (χ0n) is 21.6. The van der Waals surface area contributed by atoms with E-state index in [4.69, 9.17) is 10.2 Å².